The van der Waals surface area contributed by atoms with E-state index < -0.39 is 30.0 Å². The number of nitrogens with zero attached hydrogens (tertiary/aromatic N) is 5. The topological polar surface area (TPSA) is 82.4 Å². The summed E-state index contributed by atoms with van der Waals surface area (Å²) in [6.07, 6.45) is -3.41. The van der Waals surface area contributed by atoms with Crippen LogP contribution in [0.2, 0.25) is 0 Å². The molecule has 1 aromatic heterocycles. The molecule has 0 radical (unpaired) electrons. The molecule has 3 aromatic rings. The van der Waals surface area contributed by atoms with Crippen molar-refractivity contribution < 1.29 is 27.4 Å². The summed E-state index contributed by atoms with van der Waals surface area (Å²) in [6.45, 7) is 8.11. The SMILES string of the molecule is COc1ccc(-c2nnn(C)n2)cc1C1=C(CN2C(=O)O[C@H](c3cc(C)cc(C(F)(F)F)c3)[C@@H]2C)CC(C)(C)CC1. The average molecular weight is 570 g/mol. The molecule has 1 amide bonds. The van der Waals surface area contributed by atoms with Gasteiger partial charge < -0.3 is 9.47 Å². The summed E-state index contributed by atoms with van der Waals surface area (Å²) in [7, 11) is 3.32. The number of aromatic nitrogens is 4. The Kier molecular flexibility index (Phi) is 7.33. The third kappa shape index (κ3) is 5.80. The van der Waals surface area contributed by atoms with Gasteiger partial charge in [0.2, 0.25) is 5.82 Å². The van der Waals surface area contributed by atoms with Crippen LogP contribution in [0.15, 0.2) is 42.0 Å². The van der Waals surface area contributed by atoms with E-state index in [2.05, 4.69) is 29.3 Å². The highest BCUT2D eigenvalue weighted by Crippen LogP contribution is 2.46. The first-order valence-corrected chi connectivity index (χ1v) is 13.6. The van der Waals surface area contributed by atoms with E-state index in [1.54, 1.807) is 32.0 Å². The molecule has 1 saturated heterocycles. The average Bonchev–Trinajstić information content (AvgIpc) is 3.45. The zero-order valence-corrected chi connectivity index (χ0v) is 24.0. The van der Waals surface area contributed by atoms with Crippen molar-refractivity contribution in [3.8, 4) is 17.1 Å². The van der Waals surface area contributed by atoms with Gasteiger partial charge in [0.05, 0.1) is 25.8 Å². The largest absolute Gasteiger partial charge is 0.496 e. The number of carbonyl (C=O) groups excluding carboxylic acids is 1. The monoisotopic (exact) mass is 569 g/mol. The number of amides is 1. The molecular formula is C30H34F3N5O3. The number of aryl methyl sites for hydroxylation is 2. The zero-order valence-electron chi connectivity index (χ0n) is 24.0. The van der Waals surface area contributed by atoms with Crippen molar-refractivity contribution in [1.29, 1.82) is 0 Å². The standard InChI is InChI=1S/C30H34F3N5O3/c1-17-11-20(13-22(12-17)30(31,32)33)26-18(2)38(28(39)41-26)16-21-15-29(3,4)10-9-23(21)24-14-19(7-8-25(24)40-6)27-34-36-37(5)35-27/h7-8,11-14,18,26H,9-10,15-16H2,1-6H3/t18-,26-/m0/s1. The lowest BCUT2D eigenvalue weighted by molar-refractivity contribution is -0.137. The third-order valence-electron chi connectivity index (χ3n) is 7.97. The van der Waals surface area contributed by atoms with Crippen LogP contribution >= 0.6 is 0 Å². The Balaban J connectivity index is 1.52. The number of allylic oxidation sites excluding steroid dienone is 1. The number of halogens is 3. The molecule has 2 heterocycles. The molecule has 5 rings (SSSR count). The minimum absolute atomic E-state index is 0.000556. The number of cyclic esters (lactones) is 1. The first kappa shape index (κ1) is 28.6. The van der Waals surface area contributed by atoms with Gasteiger partial charge in [-0.25, -0.2) is 4.79 Å². The van der Waals surface area contributed by atoms with E-state index in [-0.39, 0.29) is 5.41 Å². The summed E-state index contributed by atoms with van der Waals surface area (Å²) < 4.78 is 52.0. The Morgan fingerprint density at radius 2 is 1.93 bits per heavy atom. The highest BCUT2D eigenvalue weighted by atomic mass is 19.4. The lowest BCUT2D eigenvalue weighted by Gasteiger charge is -2.36. The van der Waals surface area contributed by atoms with Crippen LogP contribution in [0.3, 0.4) is 0 Å². The van der Waals surface area contributed by atoms with Crippen molar-refractivity contribution >= 4 is 11.7 Å². The first-order valence-electron chi connectivity index (χ1n) is 13.6. The van der Waals surface area contributed by atoms with Gasteiger partial charge in [0.25, 0.3) is 0 Å². The minimum Gasteiger partial charge on any atom is -0.496 e. The van der Waals surface area contributed by atoms with Crippen molar-refractivity contribution in [3.05, 3.63) is 64.2 Å². The first-order chi connectivity index (χ1) is 19.3. The predicted molar refractivity (Wildman–Crippen MR) is 147 cm³/mol. The predicted octanol–water partition coefficient (Wildman–Crippen LogP) is 6.76. The molecular weight excluding hydrogens is 535 g/mol. The number of carbonyl (C=O) groups is 1. The molecule has 2 aliphatic rings. The van der Waals surface area contributed by atoms with Crippen LogP contribution in [0, 0.1) is 12.3 Å². The maximum Gasteiger partial charge on any atom is 0.416 e. The second kappa shape index (κ2) is 10.5. The number of methoxy groups -OCH3 is 1. The van der Waals surface area contributed by atoms with E-state index >= 15 is 0 Å². The lowest BCUT2D eigenvalue weighted by atomic mass is 9.72. The Morgan fingerprint density at radius 1 is 1.17 bits per heavy atom. The zero-order chi connectivity index (χ0) is 29.7. The van der Waals surface area contributed by atoms with E-state index in [0.717, 1.165) is 53.7 Å². The Labute approximate surface area is 237 Å². The number of tetrazole rings is 1. The maximum absolute atomic E-state index is 13.5. The van der Waals surface area contributed by atoms with E-state index in [9.17, 15) is 18.0 Å². The fourth-order valence-corrected chi connectivity index (χ4v) is 5.88. The molecule has 1 aliphatic heterocycles. The lowest BCUT2D eigenvalue weighted by Crippen LogP contribution is -2.35. The van der Waals surface area contributed by atoms with Gasteiger partial charge in [0.1, 0.15) is 11.9 Å². The van der Waals surface area contributed by atoms with Gasteiger partial charge in [-0.3, -0.25) is 4.90 Å². The molecule has 218 valence electrons. The number of alkyl halides is 3. The van der Waals surface area contributed by atoms with Crippen LogP contribution < -0.4 is 4.74 Å². The molecule has 0 unspecified atom stereocenters. The van der Waals surface area contributed by atoms with Crippen molar-refractivity contribution in [1.82, 2.24) is 25.1 Å². The van der Waals surface area contributed by atoms with Gasteiger partial charge in [-0.15, -0.1) is 10.2 Å². The summed E-state index contributed by atoms with van der Waals surface area (Å²) in [6, 6.07) is 9.11. The Bertz CT molecular complexity index is 1510. The van der Waals surface area contributed by atoms with Crippen LogP contribution in [-0.2, 0) is 18.0 Å². The smallest absolute Gasteiger partial charge is 0.416 e. The molecule has 41 heavy (non-hydrogen) atoms. The van der Waals surface area contributed by atoms with Crippen LogP contribution in [0.1, 0.15) is 68.4 Å². The van der Waals surface area contributed by atoms with Gasteiger partial charge >= 0.3 is 12.3 Å². The molecule has 1 fully saturated rings. The maximum atomic E-state index is 13.5. The van der Waals surface area contributed by atoms with Gasteiger partial charge in [-0.2, -0.15) is 18.0 Å². The Hall–Kier alpha value is -3.89. The number of hydrogen-bond acceptors (Lipinski definition) is 6. The van der Waals surface area contributed by atoms with Crippen LogP contribution in [0.25, 0.3) is 17.0 Å². The molecule has 0 N–H and O–H groups in total. The van der Waals surface area contributed by atoms with Crippen molar-refractivity contribution in [3.63, 3.8) is 0 Å². The van der Waals surface area contributed by atoms with Gasteiger partial charge in [-0.1, -0.05) is 25.5 Å². The summed E-state index contributed by atoms with van der Waals surface area (Å²) in [4.78, 5) is 16.2. The molecule has 0 spiro atoms. The molecule has 0 saturated carbocycles. The fraction of sp³-hybridized carbons (Fsp3) is 0.467. The molecule has 8 nitrogen and oxygen atoms in total. The van der Waals surface area contributed by atoms with E-state index in [0.29, 0.717) is 29.2 Å². The summed E-state index contributed by atoms with van der Waals surface area (Å²) in [5.74, 6) is 1.19. The fourth-order valence-electron chi connectivity index (χ4n) is 5.88. The molecule has 0 bridgehead atoms. The number of ether oxygens (including phenoxy) is 2. The molecule has 2 aromatic carbocycles. The Morgan fingerprint density at radius 3 is 2.59 bits per heavy atom. The highest BCUT2D eigenvalue weighted by molar-refractivity contribution is 5.79. The summed E-state index contributed by atoms with van der Waals surface area (Å²) in [5, 5.41) is 12.4. The quantitative estimate of drug-likeness (QED) is 0.326. The van der Waals surface area contributed by atoms with Crippen LogP contribution in [0.4, 0.5) is 18.0 Å². The number of benzene rings is 2. The third-order valence-corrected chi connectivity index (χ3v) is 7.97. The van der Waals surface area contributed by atoms with Gasteiger partial charge in [0.15, 0.2) is 0 Å². The highest BCUT2D eigenvalue weighted by Gasteiger charge is 2.42. The molecule has 1 aliphatic carbocycles. The summed E-state index contributed by atoms with van der Waals surface area (Å²) in [5.41, 5.74) is 3.87. The second-order valence-electron chi connectivity index (χ2n) is 11.7. The van der Waals surface area contributed by atoms with Gasteiger partial charge in [-0.05, 0) is 90.8 Å². The van der Waals surface area contributed by atoms with Crippen LogP contribution in [0.5, 0.6) is 5.75 Å². The van der Waals surface area contributed by atoms with E-state index in [1.807, 2.05) is 25.1 Å². The number of rotatable bonds is 6. The van der Waals surface area contributed by atoms with Crippen molar-refractivity contribution in [2.75, 3.05) is 13.7 Å². The number of hydrogen-bond donors (Lipinski definition) is 0. The van der Waals surface area contributed by atoms with E-state index in [4.69, 9.17) is 9.47 Å². The van der Waals surface area contributed by atoms with Crippen molar-refractivity contribution in [2.45, 2.75) is 65.3 Å². The van der Waals surface area contributed by atoms with Gasteiger partial charge in [0, 0.05) is 17.7 Å². The van der Waals surface area contributed by atoms with Crippen molar-refractivity contribution in [2.24, 2.45) is 12.5 Å². The summed E-state index contributed by atoms with van der Waals surface area (Å²) >= 11 is 0. The van der Waals surface area contributed by atoms with Crippen LogP contribution in [-0.4, -0.2) is 50.9 Å². The second-order valence-corrected chi connectivity index (χ2v) is 11.7. The minimum atomic E-state index is -4.49. The normalized spacial score (nSPS) is 20.9. The molecule has 11 heteroatoms. The molecule has 2 atom stereocenters. The van der Waals surface area contributed by atoms with E-state index in [1.165, 1.54) is 4.80 Å².